The van der Waals surface area contributed by atoms with Crippen molar-refractivity contribution in [1.82, 2.24) is 5.32 Å². The number of ether oxygens (including phenoxy) is 2. The Morgan fingerprint density at radius 3 is 2.18 bits per heavy atom. The molecule has 0 aliphatic heterocycles. The van der Waals surface area contributed by atoms with Gasteiger partial charge in [-0.3, -0.25) is 4.57 Å². The van der Waals surface area contributed by atoms with Crippen LogP contribution in [0.3, 0.4) is 0 Å². The third kappa shape index (κ3) is 8.22. The molecule has 0 aliphatic carbocycles. The Hall–Kier alpha value is -2.83. The number of benzene rings is 3. The number of hydrogen-bond acceptors (Lipinski definition) is 6. The molecule has 0 fully saturated rings. The third-order valence-corrected chi connectivity index (χ3v) is 6.60. The minimum Gasteiger partial charge on any atom is -0.508 e. The summed E-state index contributed by atoms with van der Waals surface area (Å²) in [5.41, 5.74) is 1.08. The van der Waals surface area contributed by atoms with Crippen molar-refractivity contribution >= 4 is 12.7 Å². The van der Waals surface area contributed by atoms with Crippen LogP contribution in [0, 0.1) is 0 Å². The second kappa shape index (κ2) is 11.9. The summed E-state index contributed by atoms with van der Waals surface area (Å²) < 4.78 is 23.5. The van der Waals surface area contributed by atoms with E-state index in [0.29, 0.717) is 23.3 Å². The van der Waals surface area contributed by atoms with Gasteiger partial charge in [0.25, 0.3) is 7.37 Å². The zero-order chi connectivity index (χ0) is 23.7. The van der Waals surface area contributed by atoms with Gasteiger partial charge in [-0.1, -0.05) is 30.3 Å². The topological polar surface area (TPSA) is 108 Å². The van der Waals surface area contributed by atoms with Gasteiger partial charge in [-0.15, -0.1) is 0 Å². The summed E-state index contributed by atoms with van der Waals surface area (Å²) >= 11 is 0. The molecule has 0 radical (unpaired) electrons. The maximum absolute atomic E-state index is 12.5. The highest BCUT2D eigenvalue weighted by Gasteiger charge is 2.22. The van der Waals surface area contributed by atoms with Crippen molar-refractivity contribution in [3.63, 3.8) is 0 Å². The van der Waals surface area contributed by atoms with Crippen LogP contribution in [0.1, 0.15) is 12.5 Å². The predicted octanol–water partition coefficient (Wildman–Crippen LogP) is 3.28. The van der Waals surface area contributed by atoms with Gasteiger partial charge in [-0.2, -0.15) is 0 Å². The van der Waals surface area contributed by atoms with Crippen molar-refractivity contribution in [2.75, 3.05) is 19.5 Å². The van der Waals surface area contributed by atoms with Gasteiger partial charge < -0.3 is 29.9 Å². The first-order valence-corrected chi connectivity index (χ1v) is 12.6. The minimum absolute atomic E-state index is 0.121. The fourth-order valence-electron chi connectivity index (χ4n) is 3.18. The Morgan fingerprint density at radius 1 is 0.909 bits per heavy atom. The predicted molar refractivity (Wildman–Crippen MR) is 129 cm³/mol. The van der Waals surface area contributed by atoms with Gasteiger partial charge in [-0.05, 0) is 67.4 Å². The van der Waals surface area contributed by atoms with Crippen LogP contribution in [-0.4, -0.2) is 46.8 Å². The fourth-order valence-corrected chi connectivity index (χ4v) is 4.29. The van der Waals surface area contributed by atoms with Gasteiger partial charge in [-0.25, -0.2) is 0 Å². The van der Waals surface area contributed by atoms with Crippen LogP contribution in [0.25, 0.3) is 0 Å². The molecular formula is C25H30NO6P. The van der Waals surface area contributed by atoms with Crippen molar-refractivity contribution in [2.24, 2.45) is 0 Å². The van der Waals surface area contributed by atoms with E-state index in [1.807, 2.05) is 19.1 Å². The number of phenols is 1. The SMILES string of the molecule is C[C@H](Cc1ccc(OCP(=O)(O)c2ccccc2)cc1)NC[C@H](O)COc1ccc(O)cc1. The Kier molecular flexibility index (Phi) is 8.92. The van der Waals surface area contributed by atoms with Crippen LogP contribution in [0.4, 0.5) is 0 Å². The van der Waals surface area contributed by atoms with E-state index in [1.54, 1.807) is 54.6 Å². The van der Waals surface area contributed by atoms with Crippen LogP contribution in [0.15, 0.2) is 78.9 Å². The lowest BCUT2D eigenvalue weighted by Crippen LogP contribution is -2.37. The standard InChI is InChI=1S/C25H30NO6P/c1-19(26-16-22(28)17-31-23-13-9-21(27)10-14-23)15-20-7-11-24(12-8-20)32-18-33(29,30)25-5-3-2-4-6-25/h2-14,19,22,26-28H,15-18H2,1H3,(H,29,30)/t19-,22+/m1/s1. The van der Waals surface area contributed by atoms with E-state index in [-0.39, 0.29) is 24.7 Å². The number of aromatic hydroxyl groups is 1. The molecule has 0 heterocycles. The van der Waals surface area contributed by atoms with Gasteiger partial charge >= 0.3 is 0 Å². The molecule has 0 bridgehead atoms. The highest BCUT2D eigenvalue weighted by Crippen LogP contribution is 2.39. The Morgan fingerprint density at radius 2 is 1.52 bits per heavy atom. The molecule has 0 spiro atoms. The van der Waals surface area contributed by atoms with Crippen LogP contribution >= 0.6 is 7.37 Å². The van der Waals surface area contributed by atoms with Crippen molar-refractivity contribution in [2.45, 2.75) is 25.5 Å². The quantitative estimate of drug-likeness (QED) is 0.300. The number of aliphatic hydroxyl groups is 1. The first-order chi connectivity index (χ1) is 15.8. The molecule has 0 aromatic heterocycles. The van der Waals surface area contributed by atoms with Crippen molar-refractivity contribution in [3.05, 3.63) is 84.4 Å². The van der Waals surface area contributed by atoms with Crippen molar-refractivity contribution < 1.29 is 29.1 Å². The molecule has 7 nitrogen and oxygen atoms in total. The highest BCUT2D eigenvalue weighted by molar-refractivity contribution is 7.65. The van der Waals surface area contributed by atoms with E-state index in [0.717, 1.165) is 12.0 Å². The molecule has 176 valence electrons. The van der Waals surface area contributed by atoms with Gasteiger partial charge in [0.1, 0.15) is 30.0 Å². The number of phenolic OH excluding ortho intramolecular Hbond substituents is 1. The number of hydrogen-bond donors (Lipinski definition) is 4. The maximum atomic E-state index is 12.5. The lowest BCUT2D eigenvalue weighted by molar-refractivity contribution is 0.104. The molecule has 3 atom stereocenters. The summed E-state index contributed by atoms with van der Waals surface area (Å²) in [6, 6.07) is 22.4. The van der Waals surface area contributed by atoms with E-state index in [1.165, 1.54) is 12.1 Å². The summed E-state index contributed by atoms with van der Waals surface area (Å²) in [6.45, 7) is 2.56. The molecule has 3 aromatic carbocycles. The second-order valence-corrected chi connectivity index (χ2v) is 10.1. The van der Waals surface area contributed by atoms with Crippen molar-refractivity contribution in [3.8, 4) is 17.2 Å². The highest BCUT2D eigenvalue weighted by atomic mass is 31.2. The lowest BCUT2D eigenvalue weighted by Gasteiger charge is -2.18. The summed E-state index contributed by atoms with van der Waals surface area (Å²) in [7, 11) is -3.57. The Labute approximate surface area is 194 Å². The van der Waals surface area contributed by atoms with Gasteiger partial charge in [0.05, 0.1) is 0 Å². The van der Waals surface area contributed by atoms with Gasteiger partial charge in [0, 0.05) is 17.9 Å². The first kappa shape index (κ1) is 24.8. The van der Waals surface area contributed by atoms with Crippen LogP contribution < -0.4 is 20.1 Å². The average Bonchev–Trinajstić information content (AvgIpc) is 2.82. The van der Waals surface area contributed by atoms with Crippen LogP contribution in [-0.2, 0) is 11.0 Å². The molecule has 33 heavy (non-hydrogen) atoms. The van der Waals surface area contributed by atoms with Crippen LogP contribution in [0.5, 0.6) is 17.2 Å². The Balaban J connectivity index is 1.39. The smallest absolute Gasteiger partial charge is 0.265 e. The largest absolute Gasteiger partial charge is 0.508 e. The molecule has 0 aliphatic rings. The molecule has 0 saturated heterocycles. The molecule has 0 amide bonds. The molecule has 0 saturated carbocycles. The van der Waals surface area contributed by atoms with Crippen LogP contribution in [0.2, 0.25) is 0 Å². The van der Waals surface area contributed by atoms with E-state index < -0.39 is 13.5 Å². The summed E-state index contributed by atoms with van der Waals surface area (Å²) in [6.07, 6.45) is -0.206. The molecule has 3 rings (SSSR count). The van der Waals surface area contributed by atoms with E-state index in [2.05, 4.69) is 5.32 Å². The summed E-state index contributed by atoms with van der Waals surface area (Å²) in [4.78, 5) is 10.2. The van der Waals surface area contributed by atoms with E-state index in [9.17, 15) is 19.7 Å². The zero-order valence-electron chi connectivity index (χ0n) is 18.5. The summed E-state index contributed by atoms with van der Waals surface area (Å²) in [5.74, 6) is 1.29. The third-order valence-electron chi connectivity index (χ3n) is 5.01. The maximum Gasteiger partial charge on any atom is 0.265 e. The average molecular weight is 471 g/mol. The normalized spacial score (nSPS) is 14.8. The number of nitrogens with one attached hydrogen (secondary N) is 1. The Bertz CT molecular complexity index is 1030. The molecule has 3 aromatic rings. The van der Waals surface area contributed by atoms with Gasteiger partial charge in [0.2, 0.25) is 0 Å². The number of rotatable bonds is 12. The first-order valence-electron chi connectivity index (χ1n) is 10.7. The van der Waals surface area contributed by atoms with Gasteiger partial charge in [0.15, 0.2) is 6.35 Å². The second-order valence-electron chi connectivity index (χ2n) is 7.93. The lowest BCUT2D eigenvalue weighted by atomic mass is 10.1. The monoisotopic (exact) mass is 471 g/mol. The minimum atomic E-state index is -3.57. The molecule has 1 unspecified atom stereocenters. The molecular weight excluding hydrogens is 441 g/mol. The van der Waals surface area contributed by atoms with E-state index >= 15 is 0 Å². The molecule has 4 N–H and O–H groups in total. The number of aliphatic hydroxyl groups excluding tert-OH is 1. The summed E-state index contributed by atoms with van der Waals surface area (Å²) in [5, 5.41) is 23.1. The van der Waals surface area contributed by atoms with Crippen molar-refractivity contribution in [1.29, 1.82) is 0 Å². The zero-order valence-corrected chi connectivity index (χ0v) is 19.4. The molecule has 8 heteroatoms. The fraction of sp³-hybridized carbons (Fsp3) is 0.280. The van der Waals surface area contributed by atoms with E-state index in [4.69, 9.17) is 9.47 Å².